The van der Waals surface area contributed by atoms with E-state index >= 15 is 0 Å². The van der Waals surface area contributed by atoms with Crippen molar-refractivity contribution >= 4 is 28.1 Å². The minimum atomic E-state index is -5.46. The molecular weight excluding hydrogens is 1180 g/mol. The maximum absolute atomic E-state index is 14.6. The van der Waals surface area contributed by atoms with Crippen LogP contribution >= 0.6 is 0 Å². The first-order valence-corrected chi connectivity index (χ1v) is 30.6. The van der Waals surface area contributed by atoms with Gasteiger partial charge in [-0.25, -0.2) is 8.42 Å². The summed E-state index contributed by atoms with van der Waals surface area (Å²) in [6, 6.07) is 0. The van der Waals surface area contributed by atoms with Crippen LogP contribution in [0.5, 0.6) is 0 Å². The van der Waals surface area contributed by atoms with E-state index in [0.717, 1.165) is 5.57 Å². The number of ether oxygens (including phenoxy) is 11. The number of ketones is 1. The van der Waals surface area contributed by atoms with Crippen LogP contribution in [0, 0.1) is 39.4 Å². The van der Waals surface area contributed by atoms with Crippen molar-refractivity contribution in [3.63, 3.8) is 0 Å². The fraction of sp³-hybridized carbons (Fsp3) is 0.911. The number of methoxy groups -OCH3 is 1. The van der Waals surface area contributed by atoms with Crippen molar-refractivity contribution in [1.29, 1.82) is 0 Å². The van der Waals surface area contributed by atoms with E-state index in [1.807, 2.05) is 26.8 Å². The van der Waals surface area contributed by atoms with E-state index < -0.39 is 210 Å². The predicted molar refractivity (Wildman–Crippen MR) is 282 cm³/mol. The number of Topliss-reactive ketones (excluding diaryl/α,β-unsaturated/α-hetero) is 1. The number of hydrogen-bond acceptors (Lipinski definition) is 28. The molecule has 5 aliphatic heterocycles. The second-order valence-corrected chi connectivity index (χ2v) is 27.7. The Kier molecular flexibility index (Phi) is 21.1. The molecule has 0 aromatic rings. The van der Waals surface area contributed by atoms with E-state index in [0.29, 0.717) is 38.5 Å². The van der Waals surface area contributed by atoms with Crippen LogP contribution in [-0.2, 0) is 81.1 Å². The van der Waals surface area contributed by atoms with Crippen molar-refractivity contribution in [3.8, 4) is 0 Å². The molecule has 28 atom stereocenters. The van der Waals surface area contributed by atoms with Gasteiger partial charge in [0.1, 0.15) is 96.5 Å². The average Bonchev–Trinajstić information content (AvgIpc) is 1.44. The molecule has 86 heavy (non-hydrogen) atoms. The third-order valence-corrected chi connectivity index (χ3v) is 21.5. The van der Waals surface area contributed by atoms with Gasteiger partial charge in [0, 0.05) is 26.4 Å². The van der Waals surface area contributed by atoms with Gasteiger partial charge in [-0.15, -0.1) is 0 Å². The summed E-state index contributed by atoms with van der Waals surface area (Å²) in [5, 5.41) is 112. The molecule has 0 aromatic carbocycles. The fourth-order valence-electron chi connectivity index (χ4n) is 16.6. The molecule has 4 aliphatic carbocycles. The van der Waals surface area contributed by atoms with Gasteiger partial charge in [-0.05, 0) is 101 Å². The number of aliphatic hydroxyl groups is 10. The molecule has 0 radical (unpaired) electrons. The molecule has 0 aromatic heterocycles. The molecular formula is C56H87NaO28S. The maximum Gasteiger partial charge on any atom is 1.00 e. The number of cyclic esters (lactones) is 1. The molecule has 486 valence electrons. The molecule has 28 nitrogen and oxygen atoms in total. The first-order valence-electron chi connectivity index (χ1n) is 29.3. The Morgan fingerprint density at radius 2 is 1.30 bits per heavy atom. The third-order valence-electron chi connectivity index (χ3n) is 21.0. The van der Waals surface area contributed by atoms with Crippen molar-refractivity contribution < 1.29 is 164 Å². The number of esters is 2. The summed E-state index contributed by atoms with van der Waals surface area (Å²) in [5.74, 6) is -2.38. The van der Waals surface area contributed by atoms with Crippen molar-refractivity contribution in [2.45, 2.75) is 254 Å². The van der Waals surface area contributed by atoms with Gasteiger partial charge in [0.15, 0.2) is 36.5 Å². The summed E-state index contributed by atoms with van der Waals surface area (Å²) in [5.41, 5.74) is -5.03. The fourth-order valence-corrected chi connectivity index (χ4v) is 17.1. The largest absolute Gasteiger partial charge is 1.00 e. The second-order valence-electron chi connectivity index (χ2n) is 26.6. The smallest absolute Gasteiger partial charge is 0.726 e. The van der Waals surface area contributed by atoms with E-state index in [4.69, 9.17) is 52.1 Å². The number of aliphatic hydroxyl groups excluding tert-OH is 10. The number of hydrogen-bond donors (Lipinski definition) is 10. The molecule has 5 saturated heterocycles. The molecule has 0 unspecified atom stereocenters. The number of allylic oxidation sites excluding steroid dienone is 1. The summed E-state index contributed by atoms with van der Waals surface area (Å²) < 4.78 is 105. The molecule has 9 aliphatic rings. The van der Waals surface area contributed by atoms with Crippen LogP contribution in [0.15, 0.2) is 11.6 Å². The van der Waals surface area contributed by atoms with Crippen LogP contribution < -0.4 is 29.6 Å². The molecule has 0 bridgehead atoms. The zero-order valence-electron chi connectivity index (χ0n) is 50.4. The van der Waals surface area contributed by atoms with E-state index in [1.165, 1.54) is 21.0 Å². The normalized spacial score (nSPS) is 48.3. The van der Waals surface area contributed by atoms with Gasteiger partial charge in [0.25, 0.3) is 0 Å². The summed E-state index contributed by atoms with van der Waals surface area (Å²) in [6.45, 7) is 13.6. The first kappa shape index (κ1) is 70.3. The van der Waals surface area contributed by atoms with Gasteiger partial charge in [0.2, 0.25) is 10.4 Å². The van der Waals surface area contributed by atoms with Gasteiger partial charge in [0.05, 0.1) is 38.1 Å². The zero-order valence-corrected chi connectivity index (χ0v) is 53.3. The summed E-state index contributed by atoms with van der Waals surface area (Å²) in [6.07, 6.45) is -29.7. The number of carbonyl (C=O) groups excluding carboxylic acids is 3. The summed E-state index contributed by atoms with van der Waals surface area (Å²) in [4.78, 5) is 40.6. The minimum absolute atomic E-state index is 0. The van der Waals surface area contributed by atoms with Crippen LogP contribution in [0.1, 0.15) is 114 Å². The Morgan fingerprint density at radius 3 is 1.90 bits per heavy atom. The quantitative estimate of drug-likeness (QED) is 0.0153. The van der Waals surface area contributed by atoms with Crippen molar-refractivity contribution in [2.75, 3.05) is 26.9 Å². The van der Waals surface area contributed by atoms with E-state index in [1.54, 1.807) is 20.8 Å². The topological polar surface area (TPSA) is 421 Å². The predicted octanol–water partition coefficient (Wildman–Crippen LogP) is -4.98. The number of rotatable bonds is 18. The van der Waals surface area contributed by atoms with Crippen LogP contribution in [0.3, 0.4) is 0 Å². The maximum atomic E-state index is 14.6. The Hall–Kier alpha value is -1.54. The number of carbonyl (C=O) groups is 3. The third kappa shape index (κ3) is 12.1. The van der Waals surface area contributed by atoms with Gasteiger partial charge in [-0.2, -0.15) is 0 Å². The summed E-state index contributed by atoms with van der Waals surface area (Å²) >= 11 is 0. The van der Waals surface area contributed by atoms with Gasteiger partial charge < -0.3 is 108 Å². The average molecular weight is 1260 g/mol. The Morgan fingerprint density at radius 1 is 0.721 bits per heavy atom. The minimum Gasteiger partial charge on any atom is -0.726 e. The second kappa shape index (κ2) is 25.7. The Bertz CT molecular complexity index is 2600. The molecule has 1 spiro atoms. The van der Waals surface area contributed by atoms with Gasteiger partial charge in [-0.3, -0.25) is 18.6 Å². The van der Waals surface area contributed by atoms with Crippen molar-refractivity contribution in [1.82, 2.24) is 0 Å². The molecule has 3 saturated carbocycles. The first-order chi connectivity index (χ1) is 39.6. The molecule has 30 heteroatoms. The van der Waals surface area contributed by atoms with Crippen LogP contribution in [0.4, 0.5) is 0 Å². The van der Waals surface area contributed by atoms with Crippen molar-refractivity contribution in [2.24, 2.45) is 39.4 Å². The van der Waals surface area contributed by atoms with Gasteiger partial charge in [-0.1, -0.05) is 39.3 Å². The van der Waals surface area contributed by atoms with Gasteiger partial charge >= 0.3 is 41.5 Å². The summed E-state index contributed by atoms with van der Waals surface area (Å²) in [7, 11) is -4.28. The van der Waals surface area contributed by atoms with Crippen LogP contribution in [0.25, 0.3) is 0 Å². The number of fused-ring (bicyclic) bond motifs is 4. The Labute approximate surface area is 521 Å². The van der Waals surface area contributed by atoms with Crippen molar-refractivity contribution in [3.05, 3.63) is 11.6 Å². The molecule has 5 heterocycles. The monoisotopic (exact) mass is 1260 g/mol. The molecule has 0 amide bonds. The van der Waals surface area contributed by atoms with Crippen LogP contribution in [-0.4, -0.2) is 249 Å². The molecule has 10 N–H and O–H groups in total. The standard InChI is InChI=1S/C56H88O28S.Na/c1-23-42(79-48-41(68)44(36(63)28(21-58)77-48)80-47-40(67)43(73-10)35(62)27(20-57)76-47)38(65)39(66)46(75-23)81-45-37(64)29(84-85(70,71)72)22-74-49(45)78-34-15-17-53(7)26-19-33(61)56-31(13-18-54(56,8)25(26)11-12-30(53)52(34,5)6)55(9,83-50(56)69)32(60)14-16-51(3,4)82-24(2)59;/h19,23,25,27-31,33-49,57-58,61-68H,11-18,20-22H2,1-10H3,(H,70,71,72);/q;+1/p-1/t23-,25-,27-,28-,29-,30+,31-,33+,34+,35-,36-,37+,38-,39-,40-,41-,42-,43+,44+,45-,46+,47+,48+,49+,53-,54+,55-,56-;/m1./s1. The molecule has 9 rings (SSSR count). The zero-order chi connectivity index (χ0) is 62.6. The SMILES string of the molecule is CO[C@@H]1[C@@H](O)[C@H](O[C@@H]2[C@@H](O)[C@H](O[C@H]3[C@H](O)[C@@H](O)[C@H](O[C@H]4[C@H](O[C@H]5CC[C@]6(C)C7=C[C@H](O)[C@@]89C(=O)O[C@@](C)(C(=O)CCC(C)(C)OC(C)=O)[C@H]8CC[C@@]9(C)[C@@H]7CC[C@H]6C5(C)C)OC[C@@H](OS(=O)(=O)[O-])[C@@H]4O)O[C@@H]3C)O[C@H](CO)[C@H]2O)O[C@H](CO)[C@H]1O.[Na+]. The van der Waals surface area contributed by atoms with E-state index in [9.17, 15) is 78.4 Å². The van der Waals surface area contributed by atoms with E-state index in [2.05, 4.69) is 11.1 Å². The Balaban J connectivity index is 0.00000961. The molecule has 8 fully saturated rings. The van der Waals surface area contributed by atoms with Crippen LogP contribution in [0.2, 0.25) is 0 Å². The van der Waals surface area contributed by atoms with E-state index in [-0.39, 0.29) is 60.0 Å².